The smallest absolute Gasteiger partial charge is 0.315 e. The first-order valence-electron chi connectivity index (χ1n) is 11.6. The largest absolute Gasteiger partial charge is 0.338 e. The van der Waals surface area contributed by atoms with Crippen molar-refractivity contribution in [2.24, 2.45) is 5.92 Å². The third-order valence-corrected chi connectivity index (χ3v) is 7.26. The van der Waals surface area contributed by atoms with E-state index in [2.05, 4.69) is 15.6 Å². The lowest BCUT2D eigenvalue weighted by Gasteiger charge is -2.25. The van der Waals surface area contributed by atoms with Gasteiger partial charge in [0.2, 0.25) is 10.0 Å². The summed E-state index contributed by atoms with van der Waals surface area (Å²) in [6.07, 6.45) is 11.7. The standard InChI is InChI=1S/C22H37FN4O4S/c23-12-15-27(31-19-20-9-4-3-5-10-20)32(29,30)16-7-2-1-6-14-25-22(28)26-18-21-11-8-13-24-17-21/h8,11,13,17,20H,1-7,9-10,12,14-16,18-19H2,(H2,25,26,28). The number of nitrogens with one attached hydrogen (secondary N) is 2. The van der Waals surface area contributed by atoms with E-state index in [9.17, 15) is 17.6 Å². The maximum atomic E-state index is 12.9. The molecule has 0 radical (unpaired) electrons. The van der Waals surface area contributed by atoms with Gasteiger partial charge in [-0.05, 0) is 43.2 Å². The predicted octanol–water partition coefficient (Wildman–Crippen LogP) is 3.55. The Kier molecular flexibility index (Phi) is 12.5. The molecule has 0 bridgehead atoms. The van der Waals surface area contributed by atoms with Gasteiger partial charge in [-0.25, -0.2) is 17.6 Å². The Morgan fingerprint density at radius 2 is 1.94 bits per heavy atom. The van der Waals surface area contributed by atoms with Gasteiger partial charge in [-0.3, -0.25) is 9.82 Å². The molecule has 0 aliphatic heterocycles. The maximum Gasteiger partial charge on any atom is 0.315 e. The molecule has 0 spiro atoms. The lowest BCUT2D eigenvalue weighted by molar-refractivity contribution is -0.104. The van der Waals surface area contributed by atoms with Crippen molar-refractivity contribution in [2.75, 3.05) is 32.1 Å². The van der Waals surface area contributed by atoms with Gasteiger partial charge < -0.3 is 10.6 Å². The summed E-state index contributed by atoms with van der Waals surface area (Å²) in [7, 11) is -3.64. The third kappa shape index (κ3) is 10.7. The molecule has 1 heterocycles. The highest BCUT2D eigenvalue weighted by molar-refractivity contribution is 7.88. The molecule has 1 fully saturated rings. The summed E-state index contributed by atoms with van der Waals surface area (Å²) < 4.78 is 38.8. The van der Waals surface area contributed by atoms with E-state index in [1.807, 2.05) is 12.1 Å². The van der Waals surface area contributed by atoms with Gasteiger partial charge in [0.1, 0.15) is 6.67 Å². The Morgan fingerprint density at radius 1 is 1.16 bits per heavy atom. The molecule has 10 heteroatoms. The fourth-order valence-electron chi connectivity index (χ4n) is 3.71. The van der Waals surface area contributed by atoms with Crippen molar-refractivity contribution in [1.82, 2.24) is 20.1 Å². The van der Waals surface area contributed by atoms with Crippen molar-refractivity contribution in [3.8, 4) is 0 Å². The average Bonchev–Trinajstić information content (AvgIpc) is 2.81. The lowest BCUT2D eigenvalue weighted by Crippen LogP contribution is -2.36. The van der Waals surface area contributed by atoms with Gasteiger partial charge in [-0.1, -0.05) is 42.6 Å². The molecule has 1 aromatic heterocycles. The number of urea groups is 1. The topological polar surface area (TPSA) is 101 Å². The van der Waals surface area contributed by atoms with Crippen LogP contribution in [0.15, 0.2) is 24.5 Å². The number of sulfonamides is 1. The highest BCUT2D eigenvalue weighted by atomic mass is 32.2. The number of hydrogen-bond acceptors (Lipinski definition) is 5. The molecule has 32 heavy (non-hydrogen) atoms. The minimum Gasteiger partial charge on any atom is -0.338 e. The van der Waals surface area contributed by atoms with Crippen molar-refractivity contribution in [2.45, 2.75) is 64.3 Å². The Labute approximate surface area is 191 Å². The van der Waals surface area contributed by atoms with Crippen molar-refractivity contribution >= 4 is 16.1 Å². The monoisotopic (exact) mass is 472 g/mol. The van der Waals surface area contributed by atoms with Gasteiger partial charge in [0, 0.05) is 25.5 Å². The molecular weight excluding hydrogens is 435 g/mol. The minimum absolute atomic E-state index is 0.0588. The first kappa shape index (κ1) is 26.5. The van der Waals surface area contributed by atoms with Gasteiger partial charge in [0.15, 0.2) is 0 Å². The molecule has 8 nitrogen and oxygen atoms in total. The van der Waals surface area contributed by atoms with E-state index < -0.39 is 16.7 Å². The number of nitrogens with zero attached hydrogens (tertiary/aromatic N) is 2. The van der Waals surface area contributed by atoms with Gasteiger partial charge in [-0.15, -0.1) is 0 Å². The lowest BCUT2D eigenvalue weighted by atomic mass is 9.90. The third-order valence-electron chi connectivity index (χ3n) is 5.55. The van der Waals surface area contributed by atoms with Crippen molar-refractivity contribution in [3.05, 3.63) is 30.1 Å². The highest BCUT2D eigenvalue weighted by Gasteiger charge is 2.24. The zero-order valence-electron chi connectivity index (χ0n) is 18.8. The molecule has 1 saturated carbocycles. The fraction of sp³-hybridized carbons (Fsp3) is 0.727. The van der Waals surface area contributed by atoms with Crippen LogP contribution in [-0.2, 0) is 21.4 Å². The summed E-state index contributed by atoms with van der Waals surface area (Å²) in [6.45, 7) is 0.249. The number of alkyl halides is 1. The first-order chi connectivity index (χ1) is 15.5. The van der Waals surface area contributed by atoms with Gasteiger partial charge >= 0.3 is 6.03 Å². The molecule has 2 amide bonds. The van der Waals surface area contributed by atoms with Crippen LogP contribution in [0.1, 0.15) is 63.4 Å². The summed E-state index contributed by atoms with van der Waals surface area (Å²) in [5.74, 6) is 0.298. The quantitative estimate of drug-likeness (QED) is 0.300. The van der Waals surface area contributed by atoms with E-state index in [1.54, 1.807) is 12.4 Å². The molecule has 182 valence electrons. The number of pyridine rings is 1. The molecule has 1 aromatic rings. The van der Waals surface area contributed by atoms with Crippen LogP contribution in [0.3, 0.4) is 0 Å². The Balaban J connectivity index is 1.55. The number of hydroxylamine groups is 1. The van der Waals surface area contributed by atoms with E-state index in [-0.39, 0.29) is 18.3 Å². The number of halogens is 1. The Morgan fingerprint density at radius 3 is 2.66 bits per heavy atom. The molecule has 2 N–H and O–H groups in total. The molecule has 0 aromatic carbocycles. The normalized spacial score (nSPS) is 15.1. The first-order valence-corrected chi connectivity index (χ1v) is 13.2. The van der Waals surface area contributed by atoms with Gasteiger partial charge in [-0.2, -0.15) is 0 Å². The Bertz CT molecular complexity index is 746. The molecule has 0 atom stereocenters. The number of aromatic nitrogens is 1. The maximum absolute atomic E-state index is 12.9. The van der Waals surface area contributed by atoms with E-state index in [1.165, 1.54) is 6.42 Å². The summed E-state index contributed by atoms with van der Waals surface area (Å²) in [5, 5.41) is 5.55. The van der Waals surface area contributed by atoms with Crippen LogP contribution in [0.2, 0.25) is 0 Å². The van der Waals surface area contributed by atoms with E-state index >= 15 is 0 Å². The van der Waals surface area contributed by atoms with E-state index in [4.69, 9.17) is 4.84 Å². The zero-order valence-corrected chi connectivity index (χ0v) is 19.6. The number of unbranched alkanes of at least 4 members (excludes halogenated alkanes) is 3. The van der Waals surface area contributed by atoms with Crippen molar-refractivity contribution in [1.29, 1.82) is 0 Å². The second kappa shape index (κ2) is 15.1. The highest BCUT2D eigenvalue weighted by Crippen LogP contribution is 2.24. The van der Waals surface area contributed by atoms with E-state index in [0.29, 0.717) is 38.5 Å². The van der Waals surface area contributed by atoms with Crippen LogP contribution in [0, 0.1) is 5.92 Å². The summed E-state index contributed by atoms with van der Waals surface area (Å²) >= 11 is 0. The zero-order chi connectivity index (χ0) is 23.1. The predicted molar refractivity (Wildman–Crippen MR) is 122 cm³/mol. The molecule has 0 saturated heterocycles. The Hall–Kier alpha value is -1.78. The van der Waals surface area contributed by atoms with Gasteiger partial charge in [0.25, 0.3) is 0 Å². The molecule has 1 aliphatic carbocycles. The minimum atomic E-state index is -3.64. The van der Waals surface area contributed by atoms with Crippen molar-refractivity contribution in [3.63, 3.8) is 0 Å². The van der Waals surface area contributed by atoms with Crippen molar-refractivity contribution < 1.29 is 22.4 Å². The number of carbonyl (C=O) groups is 1. The number of amides is 2. The van der Waals surface area contributed by atoms with E-state index in [0.717, 1.165) is 48.6 Å². The van der Waals surface area contributed by atoms with Crippen LogP contribution < -0.4 is 10.6 Å². The second-order valence-corrected chi connectivity index (χ2v) is 10.2. The summed E-state index contributed by atoms with van der Waals surface area (Å²) in [4.78, 5) is 21.3. The number of hydrogen-bond donors (Lipinski definition) is 2. The molecular formula is C22H37FN4O4S. The second-order valence-electron chi connectivity index (χ2n) is 8.22. The van der Waals surface area contributed by atoms with Gasteiger partial charge in [0.05, 0.1) is 18.9 Å². The fourth-order valence-corrected chi connectivity index (χ4v) is 5.05. The SMILES string of the molecule is O=C(NCCCCCCS(=O)(=O)N(CCF)OCC1CCCCC1)NCc1cccnc1. The molecule has 1 aliphatic rings. The van der Waals surface area contributed by atoms with Crippen LogP contribution in [0.5, 0.6) is 0 Å². The van der Waals surface area contributed by atoms with Crippen LogP contribution in [-0.4, -0.2) is 56.0 Å². The summed E-state index contributed by atoms with van der Waals surface area (Å²) in [6, 6.07) is 3.46. The summed E-state index contributed by atoms with van der Waals surface area (Å²) in [5.41, 5.74) is 0.924. The molecule has 2 rings (SSSR count). The average molecular weight is 473 g/mol. The number of rotatable bonds is 15. The van der Waals surface area contributed by atoms with Crippen LogP contribution in [0.25, 0.3) is 0 Å². The van der Waals surface area contributed by atoms with Crippen LogP contribution >= 0.6 is 0 Å². The van der Waals surface area contributed by atoms with Crippen LogP contribution in [0.4, 0.5) is 9.18 Å². The molecule has 0 unspecified atom stereocenters. The number of carbonyl (C=O) groups excluding carboxylic acids is 1.